The van der Waals surface area contributed by atoms with Gasteiger partial charge in [-0.25, -0.2) is 4.39 Å². The molecule has 152 valence electrons. The van der Waals surface area contributed by atoms with Gasteiger partial charge < -0.3 is 16.0 Å². The second-order valence-electron chi connectivity index (χ2n) is 7.04. The Labute approximate surface area is 171 Å². The summed E-state index contributed by atoms with van der Waals surface area (Å²) in [5.74, 6) is -0.329. The first kappa shape index (κ1) is 23.7. The number of nitrogens with two attached hydrogens (primary N) is 1. The number of carbonyl (C=O) groups excluding carboxylic acids is 2. The second kappa shape index (κ2) is 10.8. The molecule has 0 radical (unpaired) electrons. The molecule has 0 aliphatic heterocycles. The summed E-state index contributed by atoms with van der Waals surface area (Å²) >= 11 is 6.17. The van der Waals surface area contributed by atoms with Crippen molar-refractivity contribution in [1.82, 2.24) is 10.2 Å². The first-order valence-corrected chi connectivity index (χ1v) is 9.42. The van der Waals surface area contributed by atoms with E-state index in [0.29, 0.717) is 16.5 Å². The standard InChI is InChI=1S/C19H27ClFN3O2.ClH/c1-12-5-3-8-17(13(12)2)24(19(26)10-23-18(25)9-22)11-14-15(20)6-4-7-16(14)21;/h4,6-7,12-13,17H,3,5,8-11,22H2,1-2H3,(H,23,25);1H. The lowest BCUT2D eigenvalue weighted by Gasteiger charge is -2.42. The minimum absolute atomic E-state index is 0. The number of carbonyl (C=O) groups is 2. The molecule has 0 bridgehead atoms. The van der Waals surface area contributed by atoms with Crippen molar-refractivity contribution in [3.05, 3.63) is 34.6 Å². The van der Waals surface area contributed by atoms with Crippen molar-refractivity contribution in [1.29, 1.82) is 0 Å². The molecular weight excluding hydrogens is 392 g/mol. The molecule has 2 amide bonds. The monoisotopic (exact) mass is 419 g/mol. The van der Waals surface area contributed by atoms with Gasteiger partial charge in [0.1, 0.15) is 5.82 Å². The average molecular weight is 420 g/mol. The summed E-state index contributed by atoms with van der Waals surface area (Å²) < 4.78 is 14.3. The van der Waals surface area contributed by atoms with Gasteiger partial charge in [-0.1, -0.05) is 44.4 Å². The smallest absolute Gasteiger partial charge is 0.242 e. The Hall–Kier alpha value is -1.37. The van der Waals surface area contributed by atoms with Gasteiger partial charge in [0, 0.05) is 16.6 Å². The van der Waals surface area contributed by atoms with Crippen molar-refractivity contribution < 1.29 is 14.0 Å². The van der Waals surface area contributed by atoms with Crippen molar-refractivity contribution in [2.24, 2.45) is 17.6 Å². The zero-order valence-corrected chi connectivity index (χ0v) is 17.3. The van der Waals surface area contributed by atoms with Gasteiger partial charge in [-0.3, -0.25) is 9.59 Å². The molecule has 1 aliphatic rings. The van der Waals surface area contributed by atoms with E-state index in [-0.39, 0.29) is 49.9 Å². The molecule has 0 heterocycles. The summed E-state index contributed by atoms with van der Waals surface area (Å²) in [5.41, 5.74) is 5.58. The summed E-state index contributed by atoms with van der Waals surface area (Å²) in [6, 6.07) is 4.48. The van der Waals surface area contributed by atoms with Crippen LogP contribution in [0.1, 0.15) is 38.7 Å². The molecule has 1 aliphatic carbocycles. The minimum atomic E-state index is -0.433. The van der Waals surface area contributed by atoms with Gasteiger partial charge in [-0.05, 0) is 30.4 Å². The van der Waals surface area contributed by atoms with Crippen molar-refractivity contribution in [2.45, 2.75) is 45.7 Å². The molecule has 0 saturated heterocycles. The lowest BCUT2D eigenvalue weighted by Crippen LogP contribution is -2.50. The fourth-order valence-electron chi connectivity index (χ4n) is 3.59. The summed E-state index contributed by atoms with van der Waals surface area (Å²) in [5, 5.41) is 2.81. The Kier molecular flexibility index (Phi) is 9.50. The van der Waals surface area contributed by atoms with Crippen molar-refractivity contribution in [3.8, 4) is 0 Å². The lowest BCUT2D eigenvalue weighted by atomic mass is 9.77. The van der Waals surface area contributed by atoms with E-state index >= 15 is 0 Å². The molecule has 1 fully saturated rings. The fraction of sp³-hybridized carbons (Fsp3) is 0.579. The molecule has 3 N–H and O–H groups in total. The maximum absolute atomic E-state index is 14.3. The van der Waals surface area contributed by atoms with E-state index < -0.39 is 11.7 Å². The van der Waals surface area contributed by atoms with Crippen molar-refractivity contribution in [3.63, 3.8) is 0 Å². The van der Waals surface area contributed by atoms with E-state index in [1.54, 1.807) is 17.0 Å². The SMILES string of the molecule is CC1CCCC(N(Cc2c(F)cccc2Cl)C(=O)CNC(=O)CN)C1C.Cl. The summed E-state index contributed by atoms with van der Waals surface area (Å²) in [6.45, 7) is 4.05. The minimum Gasteiger partial charge on any atom is -0.346 e. The predicted octanol–water partition coefficient (Wildman–Crippen LogP) is 3.13. The van der Waals surface area contributed by atoms with Crippen LogP contribution in [0.25, 0.3) is 0 Å². The van der Waals surface area contributed by atoms with Crippen LogP contribution in [-0.2, 0) is 16.1 Å². The zero-order chi connectivity index (χ0) is 19.3. The average Bonchev–Trinajstić information content (AvgIpc) is 2.62. The van der Waals surface area contributed by atoms with E-state index in [1.807, 2.05) is 0 Å². The zero-order valence-electron chi connectivity index (χ0n) is 15.7. The number of benzene rings is 1. The Bertz CT molecular complexity index is 640. The normalized spacial score (nSPS) is 21.9. The van der Waals surface area contributed by atoms with Crippen LogP contribution in [0.4, 0.5) is 4.39 Å². The van der Waals surface area contributed by atoms with Crippen LogP contribution in [0.3, 0.4) is 0 Å². The molecular formula is C19H28Cl2FN3O2. The van der Waals surface area contributed by atoms with Gasteiger partial charge in [-0.2, -0.15) is 0 Å². The van der Waals surface area contributed by atoms with Crippen LogP contribution in [0.2, 0.25) is 5.02 Å². The number of rotatable bonds is 6. The molecule has 3 atom stereocenters. The Balaban J connectivity index is 0.00000364. The maximum Gasteiger partial charge on any atom is 0.242 e. The van der Waals surface area contributed by atoms with E-state index in [9.17, 15) is 14.0 Å². The Morgan fingerprint density at radius 2 is 2.04 bits per heavy atom. The molecule has 1 saturated carbocycles. The summed E-state index contributed by atoms with van der Waals surface area (Å²) in [7, 11) is 0. The third kappa shape index (κ3) is 6.06. The molecule has 2 rings (SSSR count). The number of hydrogen-bond acceptors (Lipinski definition) is 3. The number of halogens is 3. The molecule has 27 heavy (non-hydrogen) atoms. The second-order valence-corrected chi connectivity index (χ2v) is 7.44. The molecule has 5 nitrogen and oxygen atoms in total. The molecule has 3 unspecified atom stereocenters. The van der Waals surface area contributed by atoms with Gasteiger partial charge in [0.15, 0.2) is 0 Å². The van der Waals surface area contributed by atoms with Crippen LogP contribution >= 0.6 is 24.0 Å². The van der Waals surface area contributed by atoms with E-state index in [4.69, 9.17) is 17.3 Å². The highest BCUT2D eigenvalue weighted by Crippen LogP contribution is 2.34. The summed E-state index contributed by atoms with van der Waals surface area (Å²) in [6.07, 6.45) is 2.98. The number of nitrogens with zero attached hydrogens (tertiary/aromatic N) is 1. The first-order valence-electron chi connectivity index (χ1n) is 9.04. The molecule has 1 aromatic rings. The van der Waals surface area contributed by atoms with E-state index in [1.165, 1.54) is 6.07 Å². The van der Waals surface area contributed by atoms with Gasteiger partial charge >= 0.3 is 0 Å². The van der Waals surface area contributed by atoms with Crippen LogP contribution in [-0.4, -0.2) is 35.8 Å². The molecule has 0 spiro atoms. The Morgan fingerprint density at radius 3 is 2.67 bits per heavy atom. The van der Waals surface area contributed by atoms with E-state index in [0.717, 1.165) is 19.3 Å². The fourth-order valence-corrected chi connectivity index (χ4v) is 3.81. The maximum atomic E-state index is 14.3. The van der Waals surface area contributed by atoms with Crippen LogP contribution in [0, 0.1) is 17.7 Å². The third-order valence-electron chi connectivity index (χ3n) is 5.40. The number of nitrogens with one attached hydrogen (secondary N) is 1. The van der Waals surface area contributed by atoms with Crippen LogP contribution in [0.5, 0.6) is 0 Å². The highest BCUT2D eigenvalue weighted by Gasteiger charge is 2.34. The molecule has 8 heteroatoms. The van der Waals surface area contributed by atoms with Gasteiger partial charge in [0.25, 0.3) is 0 Å². The van der Waals surface area contributed by atoms with Crippen LogP contribution in [0.15, 0.2) is 18.2 Å². The van der Waals surface area contributed by atoms with Gasteiger partial charge in [-0.15, -0.1) is 12.4 Å². The quantitative estimate of drug-likeness (QED) is 0.743. The van der Waals surface area contributed by atoms with Gasteiger partial charge in [0.2, 0.25) is 11.8 Å². The van der Waals surface area contributed by atoms with Crippen molar-refractivity contribution >= 4 is 35.8 Å². The number of amides is 2. The van der Waals surface area contributed by atoms with Crippen molar-refractivity contribution in [2.75, 3.05) is 13.1 Å². The molecule has 0 aromatic heterocycles. The number of hydrogen-bond donors (Lipinski definition) is 2. The first-order chi connectivity index (χ1) is 12.3. The van der Waals surface area contributed by atoms with Gasteiger partial charge in [0.05, 0.1) is 19.6 Å². The van der Waals surface area contributed by atoms with Crippen LogP contribution < -0.4 is 11.1 Å². The highest BCUT2D eigenvalue weighted by molar-refractivity contribution is 6.31. The molecule has 1 aromatic carbocycles. The van der Waals surface area contributed by atoms with E-state index in [2.05, 4.69) is 19.2 Å². The highest BCUT2D eigenvalue weighted by atomic mass is 35.5. The largest absolute Gasteiger partial charge is 0.346 e. The predicted molar refractivity (Wildman–Crippen MR) is 107 cm³/mol. The lowest BCUT2D eigenvalue weighted by molar-refractivity contribution is -0.137. The summed E-state index contributed by atoms with van der Waals surface area (Å²) in [4.78, 5) is 25.9. The third-order valence-corrected chi connectivity index (χ3v) is 5.75. The Morgan fingerprint density at radius 1 is 1.33 bits per heavy atom. The topological polar surface area (TPSA) is 75.4 Å².